The van der Waals surface area contributed by atoms with Crippen LogP contribution in [0.2, 0.25) is 0 Å². The molecule has 0 aliphatic heterocycles. The Morgan fingerprint density at radius 3 is 2.67 bits per heavy atom. The van der Waals surface area contributed by atoms with Crippen LogP contribution >= 0.6 is 0 Å². The van der Waals surface area contributed by atoms with Gasteiger partial charge in [0.1, 0.15) is 5.60 Å². The number of para-hydroxylation sites is 1. The third-order valence-electron chi connectivity index (χ3n) is 3.60. The van der Waals surface area contributed by atoms with E-state index >= 15 is 0 Å². The Balaban J connectivity index is 1.69. The molecule has 4 nitrogen and oxygen atoms in total. The Hall–Kier alpha value is -2.75. The average Bonchev–Trinajstić information content (AvgIpc) is 2.88. The lowest BCUT2D eigenvalue weighted by Gasteiger charge is -2.19. The van der Waals surface area contributed by atoms with Gasteiger partial charge >= 0.3 is 6.09 Å². The zero-order valence-corrected chi connectivity index (χ0v) is 14.2. The highest BCUT2D eigenvalue weighted by Crippen LogP contribution is 2.26. The molecule has 124 valence electrons. The van der Waals surface area contributed by atoms with Crippen LogP contribution in [0.25, 0.3) is 27.9 Å². The summed E-state index contributed by atoms with van der Waals surface area (Å²) in [7, 11) is 0. The number of carbonyl (C=O) groups excluding carboxylic acids is 1. The van der Waals surface area contributed by atoms with E-state index in [9.17, 15) is 4.79 Å². The van der Waals surface area contributed by atoms with E-state index in [1.807, 2.05) is 45.1 Å². The van der Waals surface area contributed by atoms with E-state index in [2.05, 4.69) is 40.6 Å². The van der Waals surface area contributed by atoms with E-state index in [1.54, 1.807) is 0 Å². The number of amides is 1. The molecule has 0 atom stereocenters. The Morgan fingerprint density at radius 2 is 1.88 bits per heavy atom. The second kappa shape index (κ2) is 6.40. The van der Waals surface area contributed by atoms with Crippen LogP contribution in [-0.2, 0) is 4.74 Å². The van der Waals surface area contributed by atoms with Crippen LogP contribution in [-0.4, -0.2) is 23.2 Å². The first-order valence-corrected chi connectivity index (χ1v) is 8.06. The standard InChI is InChI=1S/C20H22N2O2/c1-20(2,3)24-19(23)21-12-6-7-14-10-11-18-16(13-14)15-8-4-5-9-17(15)22-18/h4-11,13,22H,12H2,1-3H3,(H,21,23). The second-order valence-electron chi connectivity index (χ2n) is 6.76. The smallest absolute Gasteiger partial charge is 0.407 e. The number of alkyl carbamates (subject to hydrolysis) is 1. The first-order valence-electron chi connectivity index (χ1n) is 8.06. The first-order chi connectivity index (χ1) is 11.4. The number of benzene rings is 2. The minimum Gasteiger partial charge on any atom is -0.444 e. The van der Waals surface area contributed by atoms with Gasteiger partial charge in [-0.3, -0.25) is 0 Å². The lowest BCUT2D eigenvalue weighted by atomic mass is 10.1. The number of hydrogen-bond acceptors (Lipinski definition) is 2. The van der Waals surface area contributed by atoms with Crippen molar-refractivity contribution in [2.24, 2.45) is 0 Å². The molecular formula is C20H22N2O2. The minimum atomic E-state index is -0.478. The van der Waals surface area contributed by atoms with Crippen LogP contribution in [0.1, 0.15) is 26.3 Å². The lowest BCUT2D eigenvalue weighted by Crippen LogP contribution is -2.32. The third kappa shape index (κ3) is 3.77. The van der Waals surface area contributed by atoms with Crippen LogP contribution in [0.4, 0.5) is 4.79 Å². The summed E-state index contributed by atoms with van der Waals surface area (Å²) in [6, 6.07) is 14.6. The maximum Gasteiger partial charge on any atom is 0.407 e. The number of fused-ring (bicyclic) bond motifs is 3. The summed E-state index contributed by atoms with van der Waals surface area (Å²) in [5.74, 6) is 0. The van der Waals surface area contributed by atoms with Gasteiger partial charge in [0.05, 0.1) is 0 Å². The van der Waals surface area contributed by atoms with Gasteiger partial charge in [-0.05, 0) is 44.5 Å². The third-order valence-corrected chi connectivity index (χ3v) is 3.60. The molecule has 0 fully saturated rings. The second-order valence-corrected chi connectivity index (χ2v) is 6.76. The summed E-state index contributed by atoms with van der Waals surface area (Å²) in [6.07, 6.45) is 3.51. The van der Waals surface area contributed by atoms with Crippen molar-refractivity contribution in [3.05, 3.63) is 54.1 Å². The van der Waals surface area contributed by atoms with Gasteiger partial charge in [-0.2, -0.15) is 0 Å². The number of hydrogen-bond donors (Lipinski definition) is 2. The predicted octanol–water partition coefficient (Wildman–Crippen LogP) is 4.86. The van der Waals surface area contributed by atoms with Gasteiger partial charge in [0.15, 0.2) is 0 Å². The molecule has 24 heavy (non-hydrogen) atoms. The molecule has 3 rings (SSSR count). The minimum absolute atomic E-state index is 0.403. The molecule has 2 aromatic carbocycles. The van der Waals surface area contributed by atoms with Gasteiger partial charge < -0.3 is 15.0 Å². The van der Waals surface area contributed by atoms with Crippen molar-refractivity contribution in [3.63, 3.8) is 0 Å². The van der Waals surface area contributed by atoms with E-state index in [4.69, 9.17) is 4.74 Å². The molecular weight excluding hydrogens is 300 g/mol. The molecule has 2 N–H and O–H groups in total. The highest BCUT2D eigenvalue weighted by molar-refractivity contribution is 6.07. The molecule has 3 aromatic rings. The average molecular weight is 322 g/mol. The number of carbonyl (C=O) groups is 1. The van der Waals surface area contributed by atoms with Crippen molar-refractivity contribution in [3.8, 4) is 0 Å². The van der Waals surface area contributed by atoms with Crippen LogP contribution in [0.15, 0.2) is 48.5 Å². The van der Waals surface area contributed by atoms with Gasteiger partial charge in [-0.25, -0.2) is 4.79 Å². The molecule has 0 saturated heterocycles. The van der Waals surface area contributed by atoms with E-state index in [0.717, 1.165) is 16.6 Å². The molecule has 0 radical (unpaired) electrons. The molecule has 1 aromatic heterocycles. The van der Waals surface area contributed by atoms with Gasteiger partial charge in [0, 0.05) is 28.4 Å². The number of ether oxygens (including phenoxy) is 1. The van der Waals surface area contributed by atoms with Crippen LogP contribution < -0.4 is 5.32 Å². The quantitative estimate of drug-likeness (QED) is 0.723. The Kier molecular flexibility index (Phi) is 4.30. The molecule has 4 heteroatoms. The summed E-state index contributed by atoms with van der Waals surface area (Å²) in [6.45, 7) is 5.97. The summed E-state index contributed by atoms with van der Waals surface area (Å²) in [5, 5.41) is 5.14. The number of H-pyrrole nitrogens is 1. The fraction of sp³-hybridized carbons (Fsp3) is 0.250. The molecule has 0 saturated carbocycles. The predicted molar refractivity (Wildman–Crippen MR) is 99.1 cm³/mol. The summed E-state index contributed by atoms with van der Waals surface area (Å²) in [5.41, 5.74) is 2.88. The van der Waals surface area contributed by atoms with Crippen LogP contribution in [0.5, 0.6) is 0 Å². The van der Waals surface area contributed by atoms with Crippen molar-refractivity contribution in [1.29, 1.82) is 0 Å². The zero-order valence-electron chi connectivity index (χ0n) is 14.2. The van der Waals surface area contributed by atoms with Crippen molar-refractivity contribution >= 4 is 34.0 Å². The molecule has 0 unspecified atom stereocenters. The van der Waals surface area contributed by atoms with Gasteiger partial charge in [0.2, 0.25) is 0 Å². The first kappa shape index (κ1) is 16.1. The lowest BCUT2D eigenvalue weighted by molar-refractivity contribution is 0.0534. The molecule has 1 heterocycles. The SMILES string of the molecule is CC(C)(C)OC(=O)NCC=Cc1ccc2[nH]c3ccccc3c2c1. The van der Waals surface area contributed by atoms with Crippen molar-refractivity contribution in [2.75, 3.05) is 6.54 Å². The van der Waals surface area contributed by atoms with Crippen LogP contribution in [0, 0.1) is 0 Å². The van der Waals surface area contributed by atoms with Crippen molar-refractivity contribution < 1.29 is 9.53 Å². The molecule has 0 aliphatic rings. The van der Waals surface area contributed by atoms with E-state index in [0.29, 0.717) is 6.54 Å². The summed E-state index contributed by atoms with van der Waals surface area (Å²) < 4.78 is 5.20. The highest BCUT2D eigenvalue weighted by atomic mass is 16.6. The van der Waals surface area contributed by atoms with Crippen LogP contribution in [0.3, 0.4) is 0 Å². The van der Waals surface area contributed by atoms with Gasteiger partial charge in [-0.15, -0.1) is 0 Å². The number of aromatic nitrogens is 1. The highest BCUT2D eigenvalue weighted by Gasteiger charge is 2.14. The molecule has 0 spiro atoms. The maximum atomic E-state index is 11.6. The zero-order chi connectivity index (χ0) is 17.2. The Bertz CT molecular complexity index is 901. The fourth-order valence-electron chi connectivity index (χ4n) is 2.62. The largest absolute Gasteiger partial charge is 0.444 e. The monoisotopic (exact) mass is 322 g/mol. The topological polar surface area (TPSA) is 54.1 Å². The Morgan fingerprint density at radius 1 is 1.12 bits per heavy atom. The summed E-state index contributed by atoms with van der Waals surface area (Å²) >= 11 is 0. The number of nitrogens with one attached hydrogen (secondary N) is 2. The van der Waals surface area contributed by atoms with Crippen molar-refractivity contribution in [2.45, 2.75) is 26.4 Å². The van der Waals surface area contributed by atoms with E-state index in [-0.39, 0.29) is 0 Å². The van der Waals surface area contributed by atoms with Crippen molar-refractivity contribution in [1.82, 2.24) is 10.3 Å². The molecule has 0 bridgehead atoms. The fourth-order valence-corrected chi connectivity index (χ4v) is 2.62. The molecule has 1 amide bonds. The summed E-state index contributed by atoms with van der Waals surface area (Å²) in [4.78, 5) is 15.0. The Labute approximate surface area is 141 Å². The maximum absolute atomic E-state index is 11.6. The van der Waals surface area contributed by atoms with E-state index in [1.165, 1.54) is 10.8 Å². The normalized spacial score (nSPS) is 12.1. The van der Waals surface area contributed by atoms with Gasteiger partial charge in [-0.1, -0.05) is 36.4 Å². The number of rotatable bonds is 3. The van der Waals surface area contributed by atoms with Gasteiger partial charge in [0.25, 0.3) is 0 Å². The molecule has 0 aliphatic carbocycles. The van der Waals surface area contributed by atoms with E-state index < -0.39 is 11.7 Å². The number of aromatic amines is 1.